The van der Waals surface area contributed by atoms with Crippen LogP contribution in [0.15, 0.2) is 34.5 Å². The van der Waals surface area contributed by atoms with Crippen molar-refractivity contribution in [3.63, 3.8) is 0 Å². The van der Waals surface area contributed by atoms with Crippen molar-refractivity contribution in [3.8, 4) is 12.3 Å². The van der Waals surface area contributed by atoms with Gasteiger partial charge in [-0.05, 0) is 11.1 Å². The summed E-state index contributed by atoms with van der Waals surface area (Å²) in [5, 5.41) is 11.1. The normalized spacial score (nSPS) is 18.3. The molecule has 6 nitrogen and oxygen atoms in total. The van der Waals surface area contributed by atoms with Crippen molar-refractivity contribution in [1.29, 1.82) is 0 Å². The number of morpholine rings is 1. The number of terminal acetylenes is 1. The van der Waals surface area contributed by atoms with E-state index in [-0.39, 0.29) is 11.6 Å². The highest BCUT2D eigenvalue weighted by atomic mass is 16.5. The topological polar surface area (TPSA) is 66.3 Å². The number of hydrogen-bond donors (Lipinski definition) is 1. The summed E-state index contributed by atoms with van der Waals surface area (Å²) in [6.07, 6.45) is 7.72. The fraction of sp³-hybridized carbons (Fsp3) is 0.550. The Labute approximate surface area is 155 Å². The fourth-order valence-electron chi connectivity index (χ4n) is 3.05. The molecular weight excluding hydrogens is 328 g/mol. The second-order valence-corrected chi connectivity index (χ2v) is 6.87. The van der Waals surface area contributed by atoms with Gasteiger partial charge in [-0.15, -0.1) is 12.3 Å². The van der Waals surface area contributed by atoms with Crippen molar-refractivity contribution < 1.29 is 9.53 Å². The first kappa shape index (κ1) is 18.6. The first-order valence-electron chi connectivity index (χ1n) is 9.21. The number of hydrogen-bond acceptors (Lipinski definition) is 5. The van der Waals surface area contributed by atoms with E-state index in [1.54, 1.807) is 0 Å². The van der Waals surface area contributed by atoms with Gasteiger partial charge in [0.05, 0.1) is 13.2 Å². The third-order valence-corrected chi connectivity index (χ3v) is 4.83. The lowest BCUT2D eigenvalue weighted by Crippen LogP contribution is -2.35. The SMILES string of the molecule is C#CCCC1(CCC(=O)NCc2ccc(CN3CCOCC3)cc2)N=N1. The van der Waals surface area contributed by atoms with Gasteiger partial charge in [0.2, 0.25) is 5.91 Å². The van der Waals surface area contributed by atoms with Gasteiger partial charge in [-0.25, -0.2) is 0 Å². The van der Waals surface area contributed by atoms with E-state index in [2.05, 4.69) is 50.6 Å². The van der Waals surface area contributed by atoms with Crippen molar-refractivity contribution in [2.45, 2.75) is 44.4 Å². The molecule has 0 spiro atoms. The standard InChI is InChI=1S/C20H26N4O2/c1-2-3-9-20(22-23-20)10-8-19(25)21-15-17-4-6-18(7-5-17)16-24-11-13-26-14-12-24/h1,4-7H,3,8-16H2,(H,21,25). The van der Waals surface area contributed by atoms with Crippen LogP contribution in [0, 0.1) is 12.3 Å². The molecule has 1 amide bonds. The quantitative estimate of drug-likeness (QED) is 0.693. The van der Waals surface area contributed by atoms with Crippen LogP contribution in [0.1, 0.15) is 36.8 Å². The molecule has 6 heteroatoms. The lowest BCUT2D eigenvalue weighted by atomic mass is 10.0. The molecule has 0 atom stereocenters. The Morgan fingerprint density at radius 3 is 2.54 bits per heavy atom. The Hall–Kier alpha value is -2.23. The first-order valence-corrected chi connectivity index (χ1v) is 9.21. The van der Waals surface area contributed by atoms with Crippen molar-refractivity contribution in [2.75, 3.05) is 26.3 Å². The summed E-state index contributed by atoms with van der Waals surface area (Å²) in [5.41, 5.74) is 2.01. The summed E-state index contributed by atoms with van der Waals surface area (Å²) in [4.78, 5) is 14.4. The van der Waals surface area contributed by atoms with E-state index in [4.69, 9.17) is 11.2 Å². The third kappa shape index (κ3) is 5.65. The number of carbonyl (C=O) groups is 1. The predicted molar refractivity (Wildman–Crippen MR) is 99.3 cm³/mol. The van der Waals surface area contributed by atoms with Crippen LogP contribution in [0.25, 0.3) is 0 Å². The fourth-order valence-corrected chi connectivity index (χ4v) is 3.05. The van der Waals surface area contributed by atoms with Crippen LogP contribution in [0.4, 0.5) is 0 Å². The highest BCUT2D eigenvalue weighted by Gasteiger charge is 2.39. The molecular formula is C20H26N4O2. The lowest BCUT2D eigenvalue weighted by molar-refractivity contribution is -0.121. The van der Waals surface area contributed by atoms with E-state index in [0.717, 1.165) is 44.8 Å². The second kappa shape index (κ2) is 8.93. The van der Waals surface area contributed by atoms with Gasteiger partial charge < -0.3 is 10.1 Å². The molecule has 138 valence electrons. The minimum atomic E-state index is -0.384. The largest absolute Gasteiger partial charge is 0.379 e. The molecule has 1 saturated heterocycles. The smallest absolute Gasteiger partial charge is 0.220 e. The van der Waals surface area contributed by atoms with Crippen molar-refractivity contribution in [2.24, 2.45) is 10.2 Å². The molecule has 1 fully saturated rings. The molecule has 0 aliphatic carbocycles. The van der Waals surface area contributed by atoms with Crippen molar-refractivity contribution in [1.82, 2.24) is 10.2 Å². The zero-order valence-corrected chi connectivity index (χ0v) is 15.1. The second-order valence-electron chi connectivity index (χ2n) is 6.87. The molecule has 26 heavy (non-hydrogen) atoms. The van der Waals surface area contributed by atoms with Crippen molar-refractivity contribution >= 4 is 5.91 Å². The predicted octanol–water partition coefficient (Wildman–Crippen LogP) is 2.49. The molecule has 0 radical (unpaired) electrons. The first-order chi connectivity index (χ1) is 12.7. The summed E-state index contributed by atoms with van der Waals surface area (Å²) in [5.74, 6) is 2.63. The number of amides is 1. The Morgan fingerprint density at radius 1 is 1.19 bits per heavy atom. The highest BCUT2D eigenvalue weighted by Crippen LogP contribution is 2.37. The molecule has 0 unspecified atom stereocenters. The number of nitrogens with one attached hydrogen (secondary N) is 1. The van der Waals surface area contributed by atoms with Gasteiger partial charge in [0.1, 0.15) is 0 Å². The Bertz CT molecular complexity index is 666. The maximum atomic E-state index is 12.0. The number of nitrogens with zero attached hydrogens (tertiary/aromatic N) is 3. The van der Waals surface area contributed by atoms with Crippen LogP contribution in [0.5, 0.6) is 0 Å². The summed E-state index contributed by atoms with van der Waals surface area (Å²) in [7, 11) is 0. The lowest BCUT2D eigenvalue weighted by Gasteiger charge is -2.26. The van der Waals surface area contributed by atoms with E-state index in [1.807, 2.05) is 0 Å². The molecule has 2 heterocycles. The number of rotatable bonds is 9. The molecule has 0 saturated carbocycles. The van der Waals surface area contributed by atoms with Gasteiger partial charge in [0.15, 0.2) is 5.66 Å². The zero-order chi connectivity index (χ0) is 18.2. The summed E-state index contributed by atoms with van der Waals surface area (Å²) in [6.45, 7) is 5.09. The van der Waals surface area contributed by atoms with E-state index < -0.39 is 0 Å². The minimum absolute atomic E-state index is 0.0276. The van der Waals surface area contributed by atoms with E-state index in [9.17, 15) is 4.79 Å². The van der Waals surface area contributed by atoms with Gasteiger partial charge in [-0.2, -0.15) is 10.2 Å². The maximum absolute atomic E-state index is 12.0. The van der Waals surface area contributed by atoms with Gasteiger partial charge >= 0.3 is 0 Å². The molecule has 2 aliphatic heterocycles. The van der Waals surface area contributed by atoms with E-state index in [0.29, 0.717) is 25.8 Å². The Balaban J connectivity index is 1.36. The highest BCUT2D eigenvalue weighted by molar-refractivity contribution is 5.76. The van der Waals surface area contributed by atoms with Crippen LogP contribution in [0.3, 0.4) is 0 Å². The Morgan fingerprint density at radius 2 is 1.88 bits per heavy atom. The third-order valence-electron chi connectivity index (χ3n) is 4.83. The molecule has 0 bridgehead atoms. The van der Waals surface area contributed by atoms with Crippen molar-refractivity contribution in [3.05, 3.63) is 35.4 Å². The number of carbonyl (C=O) groups excluding carboxylic acids is 1. The van der Waals surface area contributed by atoms with Crippen LogP contribution < -0.4 is 5.32 Å². The Kier molecular flexibility index (Phi) is 6.37. The maximum Gasteiger partial charge on any atom is 0.220 e. The summed E-state index contributed by atoms with van der Waals surface area (Å²) in [6, 6.07) is 8.42. The van der Waals surface area contributed by atoms with Gasteiger partial charge in [0, 0.05) is 51.9 Å². The van der Waals surface area contributed by atoms with Crippen LogP contribution in [-0.4, -0.2) is 42.8 Å². The van der Waals surface area contributed by atoms with Crippen LogP contribution in [0.2, 0.25) is 0 Å². The number of ether oxygens (including phenoxy) is 1. The average molecular weight is 354 g/mol. The molecule has 1 aromatic carbocycles. The molecule has 3 rings (SSSR count). The monoisotopic (exact) mass is 354 g/mol. The van der Waals surface area contributed by atoms with E-state index in [1.165, 1.54) is 5.56 Å². The minimum Gasteiger partial charge on any atom is -0.379 e. The number of benzene rings is 1. The average Bonchev–Trinajstić information content (AvgIpc) is 3.45. The summed E-state index contributed by atoms with van der Waals surface area (Å²) >= 11 is 0. The van der Waals surface area contributed by atoms with Gasteiger partial charge in [-0.1, -0.05) is 24.3 Å². The van der Waals surface area contributed by atoms with Crippen LogP contribution in [-0.2, 0) is 22.6 Å². The molecule has 1 aromatic rings. The van der Waals surface area contributed by atoms with Gasteiger partial charge in [0.25, 0.3) is 0 Å². The van der Waals surface area contributed by atoms with Crippen LogP contribution >= 0.6 is 0 Å². The molecule has 2 aliphatic rings. The zero-order valence-electron chi connectivity index (χ0n) is 15.1. The van der Waals surface area contributed by atoms with Gasteiger partial charge in [-0.3, -0.25) is 9.69 Å². The van der Waals surface area contributed by atoms with E-state index >= 15 is 0 Å². The summed E-state index contributed by atoms with van der Waals surface area (Å²) < 4.78 is 5.37. The molecule has 1 N–H and O–H groups in total. The molecule has 0 aromatic heterocycles.